The second-order valence-corrected chi connectivity index (χ2v) is 7.57. The number of nitrogens with zero attached hydrogens (tertiary/aromatic N) is 4. The Labute approximate surface area is 172 Å². The van der Waals surface area contributed by atoms with E-state index in [-0.39, 0.29) is 6.01 Å². The third-order valence-electron chi connectivity index (χ3n) is 4.15. The van der Waals surface area contributed by atoms with Crippen molar-refractivity contribution in [3.63, 3.8) is 0 Å². The topological polar surface area (TPSA) is 85.5 Å². The highest BCUT2D eigenvalue weighted by Crippen LogP contribution is 2.33. The van der Waals surface area contributed by atoms with Crippen molar-refractivity contribution in [2.75, 3.05) is 39.7 Å². The molecule has 2 aromatic heterocycles. The van der Waals surface area contributed by atoms with Gasteiger partial charge >= 0.3 is 6.01 Å². The number of para-hydroxylation sites is 1. The number of methoxy groups -OCH3 is 1. The lowest BCUT2D eigenvalue weighted by molar-refractivity contribution is 0.261. The van der Waals surface area contributed by atoms with E-state index in [1.165, 1.54) is 11.3 Å². The van der Waals surface area contributed by atoms with Crippen LogP contribution >= 0.6 is 11.3 Å². The van der Waals surface area contributed by atoms with E-state index in [1.54, 1.807) is 7.11 Å². The van der Waals surface area contributed by atoms with Crippen LogP contribution < -0.4 is 14.8 Å². The molecule has 2 aromatic carbocycles. The van der Waals surface area contributed by atoms with E-state index in [0.717, 1.165) is 33.8 Å². The molecule has 0 aliphatic heterocycles. The fourth-order valence-electron chi connectivity index (χ4n) is 2.66. The molecule has 0 saturated carbocycles. The molecule has 0 saturated heterocycles. The van der Waals surface area contributed by atoms with Crippen LogP contribution in [0, 0.1) is 0 Å². The zero-order valence-corrected chi connectivity index (χ0v) is 17.2. The summed E-state index contributed by atoms with van der Waals surface area (Å²) in [5.74, 6) is 1.95. The maximum absolute atomic E-state index is 5.73. The molecule has 8 nitrogen and oxygen atoms in total. The van der Waals surface area contributed by atoms with Crippen LogP contribution in [0.1, 0.15) is 0 Å². The number of hydrogen-bond donors (Lipinski definition) is 1. The fraction of sp³-hybridized carbons (Fsp3) is 0.250. The Balaban J connectivity index is 1.44. The van der Waals surface area contributed by atoms with Crippen molar-refractivity contribution < 1.29 is 13.9 Å². The Morgan fingerprint density at radius 2 is 1.93 bits per heavy atom. The van der Waals surface area contributed by atoms with Gasteiger partial charge in [0, 0.05) is 12.1 Å². The van der Waals surface area contributed by atoms with E-state index in [4.69, 9.17) is 13.9 Å². The second kappa shape index (κ2) is 8.46. The van der Waals surface area contributed by atoms with Crippen LogP contribution in [0.5, 0.6) is 11.5 Å². The first-order valence-corrected chi connectivity index (χ1v) is 9.86. The third kappa shape index (κ3) is 4.47. The number of rotatable bonds is 8. The van der Waals surface area contributed by atoms with Gasteiger partial charge in [0.1, 0.15) is 23.6 Å². The van der Waals surface area contributed by atoms with Crippen molar-refractivity contribution in [3.05, 3.63) is 42.5 Å². The monoisotopic (exact) mass is 411 g/mol. The molecule has 150 valence electrons. The molecular weight excluding hydrogens is 390 g/mol. The van der Waals surface area contributed by atoms with Gasteiger partial charge in [0.25, 0.3) is 0 Å². The maximum atomic E-state index is 5.73. The van der Waals surface area contributed by atoms with Gasteiger partial charge in [0.15, 0.2) is 5.13 Å². The molecular formula is C20H21N5O3S. The van der Waals surface area contributed by atoms with Crippen LogP contribution in [0.25, 0.3) is 21.7 Å². The number of hydrogen-bond acceptors (Lipinski definition) is 9. The number of nitrogens with one attached hydrogen (secondary N) is 1. The lowest BCUT2D eigenvalue weighted by atomic mass is 10.2. The Morgan fingerprint density at radius 1 is 1.10 bits per heavy atom. The third-order valence-corrected chi connectivity index (χ3v) is 5.09. The summed E-state index contributed by atoms with van der Waals surface area (Å²) in [6.07, 6.45) is 0. The van der Waals surface area contributed by atoms with Crippen LogP contribution in [0.4, 0.5) is 11.1 Å². The summed E-state index contributed by atoms with van der Waals surface area (Å²) in [5.41, 5.74) is 1.61. The van der Waals surface area contributed by atoms with Crippen molar-refractivity contribution in [1.29, 1.82) is 0 Å². The summed E-state index contributed by atoms with van der Waals surface area (Å²) in [5, 5.41) is 11.9. The molecule has 4 aromatic rings. The molecule has 0 aliphatic carbocycles. The average Bonchev–Trinajstić information content (AvgIpc) is 3.35. The zero-order valence-electron chi connectivity index (χ0n) is 16.4. The Bertz CT molecular complexity index is 1090. The van der Waals surface area contributed by atoms with Crippen molar-refractivity contribution in [1.82, 2.24) is 20.1 Å². The van der Waals surface area contributed by atoms with Crippen LogP contribution in [0.3, 0.4) is 0 Å². The number of fused-ring (bicyclic) bond motifs is 1. The normalized spacial score (nSPS) is 11.2. The van der Waals surface area contributed by atoms with E-state index in [0.29, 0.717) is 17.6 Å². The van der Waals surface area contributed by atoms with Crippen LogP contribution in [-0.4, -0.2) is 54.4 Å². The molecule has 1 N–H and O–H groups in total. The predicted molar refractivity (Wildman–Crippen MR) is 113 cm³/mol. The standard InChI is InChI=1S/C20H21N5O3S/c1-25(2)11-12-27-14-9-7-13(8-10-14)18-23-24-19(28-18)22-20-21-17-15(26-3)5-4-6-16(17)29-20/h4-10H,11-12H2,1-3H3,(H,21,22,24). The Kier molecular flexibility index (Phi) is 5.59. The summed E-state index contributed by atoms with van der Waals surface area (Å²) >= 11 is 1.49. The van der Waals surface area contributed by atoms with Gasteiger partial charge in [-0.15, -0.1) is 5.10 Å². The van der Waals surface area contributed by atoms with Crippen LogP contribution in [0.2, 0.25) is 0 Å². The molecule has 2 heterocycles. The van der Waals surface area contributed by atoms with Gasteiger partial charge in [0.2, 0.25) is 5.89 Å². The minimum atomic E-state index is 0.282. The van der Waals surface area contributed by atoms with E-state index in [1.807, 2.05) is 56.6 Å². The number of thiazole rings is 1. The molecule has 0 amide bonds. The van der Waals surface area contributed by atoms with Crippen LogP contribution in [-0.2, 0) is 0 Å². The summed E-state index contributed by atoms with van der Waals surface area (Å²) in [7, 11) is 5.65. The van der Waals surface area contributed by atoms with Crippen LogP contribution in [0.15, 0.2) is 46.9 Å². The van der Waals surface area contributed by atoms with Crippen molar-refractivity contribution in [2.24, 2.45) is 0 Å². The maximum Gasteiger partial charge on any atom is 0.322 e. The first-order chi connectivity index (χ1) is 14.1. The number of benzene rings is 2. The smallest absolute Gasteiger partial charge is 0.322 e. The highest BCUT2D eigenvalue weighted by Gasteiger charge is 2.13. The van der Waals surface area contributed by atoms with Gasteiger partial charge in [0.05, 0.1) is 11.8 Å². The van der Waals surface area contributed by atoms with Gasteiger partial charge in [-0.1, -0.05) is 22.5 Å². The quantitative estimate of drug-likeness (QED) is 0.465. The molecule has 0 bridgehead atoms. The largest absolute Gasteiger partial charge is 0.494 e. The highest BCUT2D eigenvalue weighted by molar-refractivity contribution is 7.22. The molecule has 29 heavy (non-hydrogen) atoms. The molecule has 0 unspecified atom stereocenters. The predicted octanol–water partition coefficient (Wildman–Crippen LogP) is 4.04. The number of aromatic nitrogens is 3. The minimum absolute atomic E-state index is 0.282. The Morgan fingerprint density at radius 3 is 2.69 bits per heavy atom. The number of anilines is 2. The van der Waals surface area contributed by atoms with Gasteiger partial charge in [-0.05, 0) is 50.5 Å². The summed E-state index contributed by atoms with van der Waals surface area (Å²) in [4.78, 5) is 6.62. The first-order valence-electron chi connectivity index (χ1n) is 9.04. The lowest BCUT2D eigenvalue weighted by Crippen LogP contribution is -2.19. The van der Waals surface area contributed by atoms with Gasteiger partial charge < -0.3 is 18.8 Å². The second-order valence-electron chi connectivity index (χ2n) is 6.54. The fourth-order valence-corrected chi connectivity index (χ4v) is 3.54. The van der Waals surface area contributed by atoms with Crippen molar-refractivity contribution in [3.8, 4) is 23.0 Å². The van der Waals surface area contributed by atoms with E-state index in [9.17, 15) is 0 Å². The average molecular weight is 411 g/mol. The van der Waals surface area contributed by atoms with Crippen molar-refractivity contribution >= 4 is 32.7 Å². The van der Waals surface area contributed by atoms with Gasteiger partial charge in [-0.25, -0.2) is 4.98 Å². The molecule has 0 spiro atoms. The number of ether oxygens (including phenoxy) is 2. The lowest BCUT2D eigenvalue weighted by Gasteiger charge is -2.10. The van der Waals surface area contributed by atoms with Crippen molar-refractivity contribution in [2.45, 2.75) is 0 Å². The molecule has 9 heteroatoms. The van der Waals surface area contributed by atoms with Gasteiger partial charge in [-0.2, -0.15) is 0 Å². The van der Waals surface area contributed by atoms with E-state index >= 15 is 0 Å². The number of likely N-dealkylation sites (N-methyl/N-ethyl adjacent to an activating group) is 1. The Hall–Kier alpha value is -3.17. The molecule has 0 atom stereocenters. The van der Waals surface area contributed by atoms with Gasteiger partial charge in [-0.3, -0.25) is 5.32 Å². The first kappa shape index (κ1) is 19.2. The van der Waals surface area contributed by atoms with E-state index < -0.39 is 0 Å². The minimum Gasteiger partial charge on any atom is -0.494 e. The van der Waals surface area contributed by atoms with E-state index in [2.05, 4.69) is 25.4 Å². The zero-order chi connectivity index (χ0) is 20.2. The highest BCUT2D eigenvalue weighted by atomic mass is 32.1. The molecule has 0 radical (unpaired) electrons. The SMILES string of the molecule is COc1cccc2sc(Nc3nnc(-c4ccc(OCCN(C)C)cc4)o3)nc12. The molecule has 0 fully saturated rings. The summed E-state index contributed by atoms with van der Waals surface area (Å²) in [6, 6.07) is 13.7. The summed E-state index contributed by atoms with van der Waals surface area (Å²) in [6.45, 7) is 1.49. The summed E-state index contributed by atoms with van der Waals surface area (Å²) < 4.78 is 17.8. The molecule has 0 aliphatic rings. The molecule has 4 rings (SSSR count).